The number of aromatic nitrogens is 1. The molecule has 7 heteroatoms. The van der Waals surface area contributed by atoms with Crippen LogP contribution in [0.4, 0.5) is 0 Å². The molecule has 0 spiro atoms. The lowest BCUT2D eigenvalue weighted by atomic mass is 10.0. The maximum atomic E-state index is 13.0. The quantitative estimate of drug-likeness (QED) is 0.739. The van der Waals surface area contributed by atoms with Gasteiger partial charge in [-0.25, -0.2) is 0 Å². The number of morpholine rings is 1. The number of ether oxygens (including phenoxy) is 1. The predicted molar refractivity (Wildman–Crippen MR) is 103 cm³/mol. The number of carbonyl (C=O) groups is 3. The summed E-state index contributed by atoms with van der Waals surface area (Å²) in [6, 6.07) is 11.7. The average Bonchev–Trinajstić information content (AvgIpc) is 2.77. The third-order valence-electron chi connectivity index (χ3n) is 4.57. The number of pyridine rings is 1. The van der Waals surface area contributed by atoms with E-state index in [-0.39, 0.29) is 30.4 Å². The van der Waals surface area contributed by atoms with Gasteiger partial charge in [0.05, 0.1) is 13.2 Å². The van der Waals surface area contributed by atoms with E-state index in [2.05, 4.69) is 10.3 Å². The van der Waals surface area contributed by atoms with Crippen molar-refractivity contribution < 1.29 is 19.1 Å². The molecule has 1 N–H and O–H groups in total. The largest absolute Gasteiger partial charge is 0.378 e. The maximum Gasteiger partial charge on any atom is 0.249 e. The van der Waals surface area contributed by atoms with E-state index in [1.807, 2.05) is 30.3 Å². The van der Waals surface area contributed by atoms with Crippen LogP contribution in [0.25, 0.3) is 0 Å². The summed E-state index contributed by atoms with van der Waals surface area (Å²) >= 11 is 0. The molecular formula is C21H23N3O4. The Labute approximate surface area is 163 Å². The second-order valence-corrected chi connectivity index (χ2v) is 6.51. The van der Waals surface area contributed by atoms with Gasteiger partial charge in [-0.15, -0.1) is 0 Å². The average molecular weight is 381 g/mol. The Kier molecular flexibility index (Phi) is 6.86. The number of carbonyl (C=O) groups excluding carboxylic acids is 3. The van der Waals surface area contributed by atoms with Crippen LogP contribution in [-0.2, 0) is 14.3 Å². The summed E-state index contributed by atoms with van der Waals surface area (Å²) in [5.41, 5.74) is 1.19. The van der Waals surface area contributed by atoms with Crippen LogP contribution in [0.15, 0.2) is 54.9 Å². The normalized spacial score (nSPS) is 14.9. The van der Waals surface area contributed by atoms with Gasteiger partial charge in [0, 0.05) is 43.9 Å². The van der Waals surface area contributed by atoms with Crippen LogP contribution >= 0.6 is 0 Å². The fraction of sp³-hybridized carbons (Fsp3) is 0.333. The van der Waals surface area contributed by atoms with Crippen molar-refractivity contribution in [2.24, 2.45) is 0 Å². The van der Waals surface area contributed by atoms with E-state index in [0.717, 1.165) is 0 Å². The molecule has 1 unspecified atom stereocenters. The highest BCUT2D eigenvalue weighted by Gasteiger charge is 2.28. The van der Waals surface area contributed by atoms with Gasteiger partial charge in [0.25, 0.3) is 0 Å². The fourth-order valence-electron chi connectivity index (χ4n) is 3.03. The molecule has 2 amide bonds. The zero-order chi connectivity index (χ0) is 19.8. The number of nitrogens with zero attached hydrogens (tertiary/aromatic N) is 2. The van der Waals surface area contributed by atoms with Crippen LogP contribution in [0.1, 0.15) is 34.8 Å². The van der Waals surface area contributed by atoms with E-state index in [0.29, 0.717) is 37.4 Å². The molecule has 1 aliphatic heterocycles. The molecule has 3 rings (SSSR count). The van der Waals surface area contributed by atoms with Gasteiger partial charge in [0.2, 0.25) is 11.8 Å². The minimum Gasteiger partial charge on any atom is -0.378 e. The van der Waals surface area contributed by atoms with E-state index in [9.17, 15) is 14.4 Å². The monoisotopic (exact) mass is 381 g/mol. The van der Waals surface area contributed by atoms with Crippen LogP contribution in [0, 0.1) is 0 Å². The van der Waals surface area contributed by atoms with Gasteiger partial charge in [-0.1, -0.05) is 30.3 Å². The topological polar surface area (TPSA) is 88.6 Å². The smallest absolute Gasteiger partial charge is 0.249 e. The summed E-state index contributed by atoms with van der Waals surface area (Å²) in [6.45, 7) is 1.97. The molecule has 1 atom stereocenters. The first-order valence-corrected chi connectivity index (χ1v) is 9.29. The van der Waals surface area contributed by atoms with Gasteiger partial charge in [0.1, 0.15) is 6.04 Å². The van der Waals surface area contributed by atoms with Crippen LogP contribution in [0.5, 0.6) is 0 Å². The van der Waals surface area contributed by atoms with Crippen molar-refractivity contribution in [3.8, 4) is 0 Å². The third-order valence-corrected chi connectivity index (χ3v) is 4.57. The number of hydrogen-bond donors (Lipinski definition) is 1. The zero-order valence-electron chi connectivity index (χ0n) is 15.5. The molecule has 1 saturated heterocycles. The van der Waals surface area contributed by atoms with Crippen LogP contribution in [-0.4, -0.2) is 53.8 Å². The Balaban J connectivity index is 1.64. The van der Waals surface area contributed by atoms with E-state index in [1.165, 1.54) is 6.20 Å². The number of nitrogens with one attached hydrogen (secondary N) is 1. The lowest BCUT2D eigenvalue weighted by molar-refractivity contribution is -0.140. The van der Waals surface area contributed by atoms with Crippen molar-refractivity contribution in [2.45, 2.75) is 18.9 Å². The summed E-state index contributed by atoms with van der Waals surface area (Å²) in [6.07, 6.45) is 3.14. The molecular weight excluding hydrogens is 358 g/mol. The number of Topliss-reactive ketones (excluding diaryl/α,β-unsaturated/α-hetero) is 1. The molecule has 1 fully saturated rings. The van der Waals surface area contributed by atoms with Gasteiger partial charge in [-0.2, -0.15) is 0 Å². The van der Waals surface area contributed by atoms with Crippen molar-refractivity contribution >= 4 is 17.6 Å². The Bertz CT molecular complexity index is 805. The molecule has 7 nitrogen and oxygen atoms in total. The standard InChI is InChI=1S/C21H23N3O4/c25-18(17-7-4-10-22-15-17)8-9-19(26)23-20(16-5-2-1-3-6-16)21(27)24-11-13-28-14-12-24/h1-7,10,15,20H,8-9,11-14H2,(H,23,26). The SMILES string of the molecule is O=C(CCC(=O)c1cccnc1)NC(C(=O)N1CCOCC1)c1ccccc1. The van der Waals surface area contributed by atoms with Gasteiger partial charge in [-0.3, -0.25) is 19.4 Å². The van der Waals surface area contributed by atoms with Crippen molar-refractivity contribution in [1.82, 2.24) is 15.2 Å². The summed E-state index contributed by atoms with van der Waals surface area (Å²) in [4.78, 5) is 43.2. The molecule has 28 heavy (non-hydrogen) atoms. The maximum absolute atomic E-state index is 13.0. The van der Waals surface area contributed by atoms with Crippen molar-refractivity contribution in [1.29, 1.82) is 0 Å². The molecule has 146 valence electrons. The number of rotatable bonds is 7. The summed E-state index contributed by atoms with van der Waals surface area (Å²) < 4.78 is 5.30. The Morgan fingerprint density at radius 2 is 1.79 bits per heavy atom. The third kappa shape index (κ3) is 5.23. The molecule has 1 aromatic heterocycles. The van der Waals surface area contributed by atoms with Gasteiger partial charge in [-0.05, 0) is 17.7 Å². The Morgan fingerprint density at radius 3 is 2.46 bits per heavy atom. The minimum atomic E-state index is -0.778. The van der Waals surface area contributed by atoms with Crippen LogP contribution in [0.2, 0.25) is 0 Å². The molecule has 0 bridgehead atoms. The van der Waals surface area contributed by atoms with Gasteiger partial charge >= 0.3 is 0 Å². The van der Waals surface area contributed by atoms with E-state index >= 15 is 0 Å². The highest BCUT2D eigenvalue weighted by molar-refractivity contribution is 5.98. The van der Waals surface area contributed by atoms with Crippen LogP contribution < -0.4 is 5.32 Å². The summed E-state index contributed by atoms with van der Waals surface area (Å²) in [5.74, 6) is -0.659. The lowest BCUT2D eigenvalue weighted by Gasteiger charge is -2.31. The molecule has 0 aliphatic carbocycles. The number of ketones is 1. The molecule has 2 aromatic rings. The first-order chi connectivity index (χ1) is 13.6. The van der Waals surface area contributed by atoms with E-state index in [1.54, 1.807) is 23.2 Å². The van der Waals surface area contributed by atoms with Crippen LogP contribution in [0.3, 0.4) is 0 Å². The number of hydrogen-bond acceptors (Lipinski definition) is 5. The first kappa shape index (κ1) is 19.7. The Hall–Kier alpha value is -3.06. The fourth-order valence-corrected chi connectivity index (χ4v) is 3.03. The minimum absolute atomic E-state index is 0.00739. The van der Waals surface area contributed by atoms with Crippen molar-refractivity contribution in [2.75, 3.05) is 26.3 Å². The molecule has 1 aromatic carbocycles. The first-order valence-electron chi connectivity index (χ1n) is 9.29. The number of amides is 2. The lowest BCUT2D eigenvalue weighted by Crippen LogP contribution is -2.47. The Morgan fingerprint density at radius 1 is 1.04 bits per heavy atom. The van der Waals surface area contributed by atoms with E-state index in [4.69, 9.17) is 4.74 Å². The van der Waals surface area contributed by atoms with Gasteiger partial charge in [0.15, 0.2) is 5.78 Å². The highest BCUT2D eigenvalue weighted by atomic mass is 16.5. The molecule has 1 aliphatic rings. The van der Waals surface area contributed by atoms with Crippen molar-refractivity contribution in [3.05, 3.63) is 66.0 Å². The number of benzene rings is 1. The molecule has 0 saturated carbocycles. The van der Waals surface area contributed by atoms with Gasteiger partial charge < -0.3 is 15.0 Å². The van der Waals surface area contributed by atoms with E-state index < -0.39 is 6.04 Å². The zero-order valence-corrected chi connectivity index (χ0v) is 15.5. The van der Waals surface area contributed by atoms with Crippen molar-refractivity contribution in [3.63, 3.8) is 0 Å². The highest BCUT2D eigenvalue weighted by Crippen LogP contribution is 2.17. The predicted octanol–water partition coefficient (Wildman–Crippen LogP) is 1.76. The second-order valence-electron chi connectivity index (χ2n) is 6.51. The summed E-state index contributed by atoms with van der Waals surface area (Å²) in [7, 11) is 0. The summed E-state index contributed by atoms with van der Waals surface area (Å²) in [5, 5.41) is 2.80. The molecule has 2 heterocycles. The molecule has 0 radical (unpaired) electrons. The second kappa shape index (κ2) is 9.75.